The van der Waals surface area contributed by atoms with Crippen LogP contribution in [0.25, 0.3) is 0 Å². The molecule has 0 unspecified atom stereocenters. The summed E-state index contributed by atoms with van der Waals surface area (Å²) in [6, 6.07) is 5.36. The van der Waals surface area contributed by atoms with Gasteiger partial charge in [-0.3, -0.25) is 14.4 Å². The van der Waals surface area contributed by atoms with Crippen LogP contribution in [-0.4, -0.2) is 52.9 Å². The first kappa shape index (κ1) is 19.2. The van der Waals surface area contributed by atoms with E-state index in [2.05, 4.69) is 38.0 Å². The normalized spacial score (nSPS) is 14.3. The lowest BCUT2D eigenvalue weighted by Gasteiger charge is -2.17. The Hall–Kier alpha value is -2.61. The van der Waals surface area contributed by atoms with E-state index in [0.29, 0.717) is 18.0 Å². The highest BCUT2D eigenvalue weighted by molar-refractivity contribution is 5.96. The number of methoxy groups -OCH3 is 2. The van der Waals surface area contributed by atoms with Crippen molar-refractivity contribution in [3.05, 3.63) is 35.2 Å². The van der Waals surface area contributed by atoms with Crippen LogP contribution in [0.1, 0.15) is 41.5 Å². The molecule has 1 aliphatic heterocycles. The van der Waals surface area contributed by atoms with Crippen molar-refractivity contribution in [2.24, 2.45) is 0 Å². The molecule has 3 rings (SSSR count). The summed E-state index contributed by atoms with van der Waals surface area (Å²) in [5.41, 5.74) is 2.43. The number of rotatable bonds is 7. The number of aromatic nitrogens is 3. The number of hydrogen-bond acceptors (Lipinski definition) is 6. The summed E-state index contributed by atoms with van der Waals surface area (Å²) in [7, 11) is 3.00. The van der Waals surface area contributed by atoms with E-state index in [4.69, 9.17) is 9.47 Å². The van der Waals surface area contributed by atoms with Crippen LogP contribution in [0.3, 0.4) is 0 Å². The molecule has 1 amide bonds. The smallest absolute Gasteiger partial charge is 0.257 e. The van der Waals surface area contributed by atoms with Crippen molar-refractivity contribution in [1.82, 2.24) is 25.0 Å². The fraction of sp³-hybridized carbons (Fsp3) is 0.526. The van der Waals surface area contributed by atoms with Crippen molar-refractivity contribution in [2.75, 3.05) is 27.3 Å². The van der Waals surface area contributed by atoms with Crippen LogP contribution in [0, 0.1) is 0 Å². The van der Waals surface area contributed by atoms with Crippen LogP contribution in [0.15, 0.2) is 18.2 Å². The summed E-state index contributed by atoms with van der Waals surface area (Å²) in [4.78, 5) is 19.1. The lowest BCUT2D eigenvalue weighted by molar-refractivity contribution is 0.0946. The minimum atomic E-state index is -0.252. The maximum absolute atomic E-state index is 12.5. The van der Waals surface area contributed by atoms with Gasteiger partial charge in [-0.2, -0.15) is 10.1 Å². The molecular formula is C19H27N5O3. The van der Waals surface area contributed by atoms with Gasteiger partial charge in [0.2, 0.25) is 11.8 Å². The van der Waals surface area contributed by atoms with Crippen LogP contribution in [0.4, 0.5) is 0 Å². The van der Waals surface area contributed by atoms with Gasteiger partial charge in [-0.25, -0.2) is 0 Å². The SMILES string of the molecule is CCCN1CCCn2nc(CNC(=O)c3ccc(OC)nc3OC)cc2C1. The molecule has 27 heavy (non-hydrogen) atoms. The molecule has 3 heterocycles. The number of carbonyl (C=O) groups is 1. The zero-order chi connectivity index (χ0) is 19.2. The van der Waals surface area contributed by atoms with Crippen molar-refractivity contribution in [3.63, 3.8) is 0 Å². The zero-order valence-corrected chi connectivity index (χ0v) is 16.2. The molecule has 1 aliphatic rings. The lowest BCUT2D eigenvalue weighted by Crippen LogP contribution is -2.24. The molecule has 1 N–H and O–H groups in total. The molecule has 0 radical (unpaired) electrons. The summed E-state index contributed by atoms with van der Waals surface area (Å²) in [6.07, 6.45) is 2.24. The first-order valence-electron chi connectivity index (χ1n) is 9.29. The molecule has 0 bridgehead atoms. The minimum Gasteiger partial charge on any atom is -0.481 e. The first-order valence-corrected chi connectivity index (χ1v) is 9.29. The van der Waals surface area contributed by atoms with Crippen LogP contribution >= 0.6 is 0 Å². The van der Waals surface area contributed by atoms with Crippen molar-refractivity contribution in [3.8, 4) is 11.8 Å². The van der Waals surface area contributed by atoms with E-state index in [1.54, 1.807) is 12.1 Å². The maximum atomic E-state index is 12.5. The summed E-state index contributed by atoms with van der Waals surface area (Å²) < 4.78 is 12.3. The number of pyridine rings is 1. The molecule has 0 atom stereocenters. The van der Waals surface area contributed by atoms with Crippen LogP contribution in [-0.2, 0) is 19.6 Å². The Labute approximate surface area is 159 Å². The van der Waals surface area contributed by atoms with E-state index in [1.807, 2.05) is 0 Å². The quantitative estimate of drug-likeness (QED) is 0.798. The third kappa shape index (κ3) is 4.57. The number of amides is 1. The highest BCUT2D eigenvalue weighted by Gasteiger charge is 2.18. The van der Waals surface area contributed by atoms with E-state index in [0.717, 1.165) is 44.7 Å². The average molecular weight is 373 g/mol. The maximum Gasteiger partial charge on any atom is 0.257 e. The third-order valence-corrected chi connectivity index (χ3v) is 4.60. The Morgan fingerprint density at radius 3 is 2.85 bits per heavy atom. The fourth-order valence-corrected chi connectivity index (χ4v) is 3.31. The molecule has 2 aromatic heterocycles. The fourth-order valence-electron chi connectivity index (χ4n) is 3.31. The number of nitrogens with zero attached hydrogens (tertiary/aromatic N) is 4. The molecule has 0 aliphatic carbocycles. The topological polar surface area (TPSA) is 81.5 Å². The second kappa shape index (κ2) is 8.85. The second-order valence-electron chi connectivity index (χ2n) is 6.57. The van der Waals surface area contributed by atoms with Crippen molar-refractivity contribution in [1.29, 1.82) is 0 Å². The van der Waals surface area contributed by atoms with Gasteiger partial charge in [-0.1, -0.05) is 6.92 Å². The average Bonchev–Trinajstić information content (AvgIpc) is 2.97. The van der Waals surface area contributed by atoms with Crippen molar-refractivity contribution in [2.45, 2.75) is 39.4 Å². The molecule has 146 valence electrons. The van der Waals surface area contributed by atoms with Crippen molar-refractivity contribution >= 4 is 5.91 Å². The van der Waals surface area contributed by atoms with E-state index >= 15 is 0 Å². The number of ether oxygens (including phenoxy) is 2. The van der Waals surface area contributed by atoms with Gasteiger partial charge in [0.15, 0.2) is 0 Å². The summed E-state index contributed by atoms with van der Waals surface area (Å²) in [6.45, 7) is 6.59. The molecule has 8 heteroatoms. The number of carbonyl (C=O) groups excluding carboxylic acids is 1. The van der Waals surface area contributed by atoms with Crippen LogP contribution < -0.4 is 14.8 Å². The van der Waals surface area contributed by atoms with Gasteiger partial charge in [-0.05, 0) is 31.5 Å². The summed E-state index contributed by atoms with van der Waals surface area (Å²) >= 11 is 0. The summed E-state index contributed by atoms with van der Waals surface area (Å²) in [5.74, 6) is 0.387. The third-order valence-electron chi connectivity index (χ3n) is 4.60. The van der Waals surface area contributed by atoms with Crippen LogP contribution in [0.5, 0.6) is 11.8 Å². The molecule has 0 spiro atoms. The predicted octanol–water partition coefficient (Wildman–Crippen LogP) is 1.84. The Balaban J connectivity index is 1.66. The highest BCUT2D eigenvalue weighted by Crippen LogP contribution is 2.20. The number of aryl methyl sites for hydroxylation is 1. The Morgan fingerprint density at radius 2 is 2.11 bits per heavy atom. The van der Waals surface area contributed by atoms with Gasteiger partial charge in [-0.15, -0.1) is 0 Å². The Bertz CT molecular complexity index is 790. The van der Waals surface area contributed by atoms with Crippen molar-refractivity contribution < 1.29 is 14.3 Å². The Kier molecular flexibility index (Phi) is 6.28. The molecule has 0 saturated carbocycles. The van der Waals surface area contributed by atoms with E-state index in [9.17, 15) is 4.79 Å². The lowest BCUT2D eigenvalue weighted by atomic mass is 10.2. The largest absolute Gasteiger partial charge is 0.481 e. The first-order chi connectivity index (χ1) is 13.1. The van der Waals surface area contributed by atoms with Gasteiger partial charge >= 0.3 is 0 Å². The highest BCUT2D eigenvalue weighted by atomic mass is 16.5. The monoisotopic (exact) mass is 373 g/mol. The standard InChI is InChI=1S/C19H27N5O3/c1-4-8-23-9-5-10-24-15(13-23)11-14(22-24)12-20-18(25)16-6-7-17(26-2)21-19(16)27-3/h6-7,11H,4-5,8-10,12-13H2,1-3H3,(H,20,25). The molecular weight excluding hydrogens is 346 g/mol. The van der Waals surface area contributed by atoms with Gasteiger partial charge in [0, 0.05) is 25.7 Å². The number of nitrogens with one attached hydrogen (secondary N) is 1. The number of hydrogen-bond donors (Lipinski definition) is 1. The molecule has 0 aromatic carbocycles. The van der Waals surface area contributed by atoms with E-state index in [-0.39, 0.29) is 11.8 Å². The Morgan fingerprint density at radius 1 is 1.26 bits per heavy atom. The van der Waals surface area contributed by atoms with Gasteiger partial charge in [0.25, 0.3) is 5.91 Å². The molecule has 8 nitrogen and oxygen atoms in total. The van der Waals surface area contributed by atoms with Gasteiger partial charge in [0.05, 0.1) is 32.2 Å². The zero-order valence-electron chi connectivity index (χ0n) is 16.2. The summed E-state index contributed by atoms with van der Waals surface area (Å²) in [5, 5.41) is 7.55. The van der Waals surface area contributed by atoms with Gasteiger partial charge < -0.3 is 14.8 Å². The second-order valence-corrected chi connectivity index (χ2v) is 6.57. The molecule has 0 fully saturated rings. The predicted molar refractivity (Wildman–Crippen MR) is 101 cm³/mol. The van der Waals surface area contributed by atoms with E-state index in [1.165, 1.54) is 19.9 Å². The molecule has 2 aromatic rings. The molecule has 0 saturated heterocycles. The van der Waals surface area contributed by atoms with E-state index < -0.39 is 0 Å². The van der Waals surface area contributed by atoms with Crippen LogP contribution in [0.2, 0.25) is 0 Å². The number of fused-ring (bicyclic) bond motifs is 1. The van der Waals surface area contributed by atoms with Gasteiger partial charge in [0.1, 0.15) is 5.56 Å². The minimum absolute atomic E-state index is 0.239.